The molecule has 57 valence electrons. The van der Waals surface area contributed by atoms with Crippen LogP contribution in [-0.2, 0) is 9.47 Å². The Kier molecular flexibility index (Phi) is 6.25. The Hall–Kier alpha value is -0.520. The Bertz CT molecular complexity index is 100. The molecule has 0 fully saturated rings. The second kappa shape index (κ2) is 6.60. The molecule has 0 aromatic rings. The van der Waals surface area contributed by atoms with Gasteiger partial charge in [0.2, 0.25) is 0 Å². The number of hydrogen-bond acceptors (Lipinski definition) is 2. The number of ether oxygens (including phenoxy) is 2. The van der Waals surface area contributed by atoms with Gasteiger partial charge in [-0.1, -0.05) is 0 Å². The first-order valence-corrected chi connectivity index (χ1v) is 3.17. The molecule has 0 rings (SSSR count). The van der Waals surface area contributed by atoms with Crippen LogP contribution >= 0.6 is 0 Å². The minimum atomic E-state index is -0.214. The predicted octanol–water partition coefficient (Wildman–Crippen LogP) is 1.22. The molecule has 0 saturated heterocycles. The molecule has 0 aliphatic carbocycles. The van der Waals surface area contributed by atoms with Crippen molar-refractivity contribution >= 4 is 0 Å². The molecular formula is C8H13O2. The fourth-order valence-corrected chi connectivity index (χ4v) is 0.591. The third kappa shape index (κ3) is 4.37. The summed E-state index contributed by atoms with van der Waals surface area (Å²) in [5.41, 5.74) is 0. The number of unbranched alkanes of at least 4 members (excludes halogenated alkanes) is 1. The van der Waals surface area contributed by atoms with Crippen molar-refractivity contribution < 1.29 is 9.47 Å². The van der Waals surface area contributed by atoms with Crippen LogP contribution in [0.5, 0.6) is 0 Å². The second-order valence-electron chi connectivity index (χ2n) is 1.82. The summed E-state index contributed by atoms with van der Waals surface area (Å²) >= 11 is 0. The molecule has 2 nitrogen and oxygen atoms in total. The first-order valence-electron chi connectivity index (χ1n) is 3.17. The summed E-state index contributed by atoms with van der Waals surface area (Å²) in [4.78, 5) is 0. The van der Waals surface area contributed by atoms with Crippen molar-refractivity contribution in [3.8, 4) is 12.3 Å². The maximum atomic E-state index is 5.05. The molecule has 0 aliphatic heterocycles. The number of hydrogen-bond donors (Lipinski definition) is 0. The van der Waals surface area contributed by atoms with Gasteiger partial charge in [-0.15, -0.1) is 12.3 Å². The Labute approximate surface area is 62.5 Å². The highest BCUT2D eigenvalue weighted by atomic mass is 16.7. The molecule has 0 N–H and O–H groups in total. The smallest absolute Gasteiger partial charge is 0.160 e. The van der Waals surface area contributed by atoms with Gasteiger partial charge in [0.15, 0.2) is 6.29 Å². The van der Waals surface area contributed by atoms with E-state index in [1.165, 1.54) is 0 Å². The van der Waals surface area contributed by atoms with Crippen molar-refractivity contribution in [2.75, 3.05) is 14.2 Å². The van der Waals surface area contributed by atoms with Crippen LogP contribution in [0.25, 0.3) is 0 Å². The molecule has 0 atom stereocenters. The van der Waals surface area contributed by atoms with E-state index in [4.69, 9.17) is 15.9 Å². The lowest BCUT2D eigenvalue weighted by atomic mass is 10.2. The zero-order valence-electron chi connectivity index (χ0n) is 6.46. The highest BCUT2D eigenvalue weighted by Gasteiger charge is 2.02. The molecule has 2 heteroatoms. The minimum Gasteiger partial charge on any atom is -0.356 e. The maximum Gasteiger partial charge on any atom is 0.160 e. The molecule has 0 amide bonds. The van der Waals surface area contributed by atoms with Crippen molar-refractivity contribution in [2.24, 2.45) is 0 Å². The van der Waals surface area contributed by atoms with Crippen molar-refractivity contribution in [2.45, 2.75) is 19.1 Å². The summed E-state index contributed by atoms with van der Waals surface area (Å²) in [6, 6.07) is 0. The summed E-state index contributed by atoms with van der Waals surface area (Å²) in [5.74, 6) is 2.53. The summed E-state index contributed by atoms with van der Waals surface area (Å²) < 4.78 is 9.80. The van der Waals surface area contributed by atoms with Gasteiger partial charge in [0.25, 0.3) is 0 Å². The van der Waals surface area contributed by atoms with Crippen LogP contribution in [-0.4, -0.2) is 20.5 Å². The van der Waals surface area contributed by atoms with Crippen LogP contribution in [0.1, 0.15) is 12.8 Å². The van der Waals surface area contributed by atoms with Crippen LogP contribution in [0.4, 0.5) is 0 Å². The van der Waals surface area contributed by atoms with Gasteiger partial charge in [0.05, 0.1) is 0 Å². The van der Waals surface area contributed by atoms with Crippen molar-refractivity contribution in [1.82, 2.24) is 0 Å². The third-order valence-corrected chi connectivity index (χ3v) is 1.11. The molecule has 0 heterocycles. The van der Waals surface area contributed by atoms with Crippen LogP contribution in [0.15, 0.2) is 0 Å². The molecule has 10 heavy (non-hydrogen) atoms. The molecule has 0 unspecified atom stereocenters. The normalized spacial score (nSPS) is 9.80. The van der Waals surface area contributed by atoms with Crippen molar-refractivity contribution in [3.05, 3.63) is 6.42 Å². The Morgan fingerprint density at radius 2 is 2.10 bits per heavy atom. The van der Waals surface area contributed by atoms with Gasteiger partial charge in [-0.25, -0.2) is 0 Å². The van der Waals surface area contributed by atoms with E-state index >= 15 is 0 Å². The summed E-state index contributed by atoms with van der Waals surface area (Å²) in [7, 11) is 3.20. The maximum absolute atomic E-state index is 5.05. The molecule has 0 spiro atoms. The minimum absolute atomic E-state index is 0.214. The van der Waals surface area contributed by atoms with Gasteiger partial charge in [0.1, 0.15) is 0 Å². The van der Waals surface area contributed by atoms with E-state index in [0.717, 1.165) is 12.8 Å². The largest absolute Gasteiger partial charge is 0.356 e. The average molecular weight is 141 g/mol. The fraction of sp³-hybridized carbons (Fsp3) is 0.625. The Balaban J connectivity index is 3.19. The molecule has 0 aromatic carbocycles. The Morgan fingerprint density at radius 3 is 2.50 bits per heavy atom. The van der Waals surface area contributed by atoms with E-state index in [1.807, 2.05) is 6.42 Å². The van der Waals surface area contributed by atoms with E-state index < -0.39 is 0 Å². The zero-order valence-corrected chi connectivity index (χ0v) is 6.46. The molecule has 0 saturated carbocycles. The van der Waals surface area contributed by atoms with Crippen molar-refractivity contribution in [1.29, 1.82) is 0 Å². The first-order chi connectivity index (χ1) is 4.85. The lowest BCUT2D eigenvalue weighted by Gasteiger charge is -2.10. The second-order valence-corrected chi connectivity index (χ2v) is 1.82. The van der Waals surface area contributed by atoms with Crippen LogP contribution in [0, 0.1) is 18.8 Å². The zero-order chi connectivity index (χ0) is 7.82. The van der Waals surface area contributed by atoms with Crippen molar-refractivity contribution in [3.63, 3.8) is 0 Å². The van der Waals surface area contributed by atoms with Gasteiger partial charge < -0.3 is 9.47 Å². The van der Waals surface area contributed by atoms with E-state index in [1.54, 1.807) is 14.2 Å². The lowest BCUT2D eigenvalue weighted by molar-refractivity contribution is -0.0795. The van der Waals surface area contributed by atoms with Crippen LogP contribution in [0.3, 0.4) is 0 Å². The van der Waals surface area contributed by atoms with E-state index in [-0.39, 0.29) is 6.29 Å². The van der Waals surface area contributed by atoms with Gasteiger partial charge in [0, 0.05) is 27.1 Å². The topological polar surface area (TPSA) is 18.5 Å². The predicted molar refractivity (Wildman–Crippen MR) is 40.2 cm³/mol. The standard InChI is InChI=1S/C8H13O2/c1-4-5-6-7-8(9-2)10-3/h1,7-8H,5-6H2,2-3H3. The fourth-order valence-electron chi connectivity index (χ4n) is 0.591. The van der Waals surface area contributed by atoms with Gasteiger partial charge in [-0.3, -0.25) is 0 Å². The van der Waals surface area contributed by atoms with Gasteiger partial charge in [-0.05, 0) is 6.42 Å². The lowest BCUT2D eigenvalue weighted by Crippen LogP contribution is -2.12. The van der Waals surface area contributed by atoms with Gasteiger partial charge >= 0.3 is 0 Å². The van der Waals surface area contributed by atoms with E-state index in [0.29, 0.717) is 0 Å². The monoisotopic (exact) mass is 141 g/mol. The molecule has 1 radical (unpaired) electrons. The number of methoxy groups -OCH3 is 2. The number of rotatable bonds is 5. The SMILES string of the molecule is C#CCC[CH]C(OC)OC. The molecule has 0 aromatic heterocycles. The van der Waals surface area contributed by atoms with E-state index in [9.17, 15) is 0 Å². The molecule has 0 aliphatic rings. The third-order valence-electron chi connectivity index (χ3n) is 1.11. The summed E-state index contributed by atoms with van der Waals surface area (Å²) in [5, 5.41) is 0. The highest BCUT2D eigenvalue weighted by molar-refractivity contribution is 4.86. The summed E-state index contributed by atoms with van der Waals surface area (Å²) in [6.07, 6.45) is 8.31. The van der Waals surface area contributed by atoms with E-state index in [2.05, 4.69) is 5.92 Å². The van der Waals surface area contributed by atoms with Gasteiger partial charge in [-0.2, -0.15) is 0 Å². The Morgan fingerprint density at radius 1 is 1.50 bits per heavy atom. The first kappa shape index (κ1) is 9.48. The van der Waals surface area contributed by atoms with Crippen LogP contribution < -0.4 is 0 Å². The van der Waals surface area contributed by atoms with Crippen LogP contribution in [0.2, 0.25) is 0 Å². The summed E-state index contributed by atoms with van der Waals surface area (Å²) in [6.45, 7) is 0. The molecule has 0 bridgehead atoms. The quantitative estimate of drug-likeness (QED) is 0.325. The number of terminal acetylenes is 1. The average Bonchev–Trinajstić information content (AvgIpc) is 1.99. The molecular weight excluding hydrogens is 128 g/mol. The highest BCUT2D eigenvalue weighted by Crippen LogP contribution is 2.01.